The van der Waals surface area contributed by atoms with E-state index in [9.17, 15) is 8.42 Å². The van der Waals surface area contributed by atoms with Crippen molar-refractivity contribution in [1.29, 1.82) is 0 Å². The summed E-state index contributed by atoms with van der Waals surface area (Å²) in [7, 11) is -1.96. The zero-order chi connectivity index (χ0) is 14.3. The Morgan fingerprint density at radius 2 is 1.94 bits per heavy atom. The third kappa shape index (κ3) is 4.46. The van der Waals surface area contributed by atoms with E-state index in [1.807, 2.05) is 13.8 Å². The molecule has 0 saturated heterocycles. The standard InChI is InChI=1S/C11H24N2O3S2/c1-5-9(3)13(7-8-16-4)18(14,15)10(6-2)11(12)17/h9-10H,5-8H2,1-4H3,(H2,12,17). The maximum absolute atomic E-state index is 12.5. The second-order valence-electron chi connectivity index (χ2n) is 4.20. The van der Waals surface area contributed by atoms with Crippen molar-refractivity contribution in [1.82, 2.24) is 4.31 Å². The molecule has 2 N–H and O–H groups in total. The average molecular weight is 296 g/mol. The van der Waals surface area contributed by atoms with Crippen LogP contribution in [0.5, 0.6) is 0 Å². The summed E-state index contributed by atoms with van der Waals surface area (Å²) in [5.41, 5.74) is 5.54. The van der Waals surface area contributed by atoms with E-state index >= 15 is 0 Å². The highest BCUT2D eigenvalue weighted by Crippen LogP contribution is 2.17. The molecule has 18 heavy (non-hydrogen) atoms. The zero-order valence-corrected chi connectivity index (χ0v) is 13.2. The summed E-state index contributed by atoms with van der Waals surface area (Å²) in [6.45, 7) is 6.28. The minimum absolute atomic E-state index is 0.0308. The highest BCUT2D eigenvalue weighted by Gasteiger charge is 2.34. The Morgan fingerprint density at radius 3 is 2.28 bits per heavy atom. The molecule has 7 heteroatoms. The van der Waals surface area contributed by atoms with E-state index in [2.05, 4.69) is 0 Å². The summed E-state index contributed by atoms with van der Waals surface area (Å²) in [5, 5.41) is -0.793. The van der Waals surface area contributed by atoms with Gasteiger partial charge in [0, 0.05) is 19.7 Å². The maximum atomic E-state index is 12.5. The molecule has 5 nitrogen and oxygen atoms in total. The molecule has 0 aromatic heterocycles. The number of sulfonamides is 1. The van der Waals surface area contributed by atoms with Crippen LogP contribution in [0.4, 0.5) is 0 Å². The van der Waals surface area contributed by atoms with Gasteiger partial charge < -0.3 is 10.5 Å². The van der Waals surface area contributed by atoms with Crippen LogP contribution < -0.4 is 5.73 Å². The minimum atomic E-state index is -3.51. The van der Waals surface area contributed by atoms with Gasteiger partial charge >= 0.3 is 0 Å². The Kier molecular flexibility index (Phi) is 7.93. The largest absolute Gasteiger partial charge is 0.392 e. The Labute approximate surface area is 116 Å². The van der Waals surface area contributed by atoms with Crippen LogP contribution in [-0.4, -0.2) is 49.3 Å². The van der Waals surface area contributed by atoms with E-state index in [0.717, 1.165) is 6.42 Å². The van der Waals surface area contributed by atoms with Gasteiger partial charge in [-0.3, -0.25) is 0 Å². The van der Waals surface area contributed by atoms with Gasteiger partial charge in [0.15, 0.2) is 0 Å². The van der Waals surface area contributed by atoms with Gasteiger partial charge in [-0.1, -0.05) is 26.1 Å². The van der Waals surface area contributed by atoms with Crippen molar-refractivity contribution in [3.05, 3.63) is 0 Å². The molecule has 2 atom stereocenters. The first-order valence-electron chi connectivity index (χ1n) is 6.11. The Hall–Kier alpha value is -0.240. The SMILES string of the molecule is CCC(C)N(CCOC)S(=O)(=O)C(CC)C(N)=S. The monoisotopic (exact) mass is 296 g/mol. The van der Waals surface area contributed by atoms with Gasteiger partial charge in [0.2, 0.25) is 10.0 Å². The lowest BCUT2D eigenvalue weighted by molar-refractivity contribution is 0.167. The predicted molar refractivity (Wildman–Crippen MR) is 78.1 cm³/mol. The second-order valence-corrected chi connectivity index (χ2v) is 6.74. The smallest absolute Gasteiger partial charge is 0.223 e. The molecule has 0 spiro atoms. The fourth-order valence-electron chi connectivity index (χ4n) is 1.71. The van der Waals surface area contributed by atoms with Gasteiger partial charge in [0.05, 0.1) is 11.6 Å². The van der Waals surface area contributed by atoms with Crippen LogP contribution in [0.15, 0.2) is 0 Å². The summed E-state index contributed by atoms with van der Waals surface area (Å²) in [5.74, 6) is 0. The topological polar surface area (TPSA) is 72.6 Å². The van der Waals surface area contributed by atoms with Crippen molar-refractivity contribution in [2.75, 3.05) is 20.3 Å². The number of nitrogens with zero attached hydrogens (tertiary/aromatic N) is 1. The summed E-state index contributed by atoms with van der Waals surface area (Å²) < 4.78 is 31.4. The lowest BCUT2D eigenvalue weighted by atomic mass is 10.3. The van der Waals surface area contributed by atoms with Crippen molar-refractivity contribution < 1.29 is 13.2 Å². The molecule has 0 amide bonds. The van der Waals surface area contributed by atoms with Crippen molar-refractivity contribution >= 4 is 27.2 Å². The molecule has 108 valence electrons. The van der Waals surface area contributed by atoms with Gasteiger partial charge in [-0.15, -0.1) is 0 Å². The lowest BCUT2D eigenvalue weighted by Gasteiger charge is -2.30. The molecule has 0 saturated carbocycles. The average Bonchev–Trinajstić information content (AvgIpc) is 2.28. The summed E-state index contributed by atoms with van der Waals surface area (Å²) in [4.78, 5) is 0.0308. The minimum Gasteiger partial charge on any atom is -0.392 e. The van der Waals surface area contributed by atoms with Crippen molar-refractivity contribution in [2.24, 2.45) is 5.73 Å². The number of methoxy groups -OCH3 is 1. The Bertz CT molecular complexity index is 357. The second kappa shape index (κ2) is 8.04. The van der Waals surface area contributed by atoms with Crippen LogP contribution >= 0.6 is 12.2 Å². The highest BCUT2D eigenvalue weighted by molar-refractivity contribution is 7.92. The van der Waals surface area contributed by atoms with Gasteiger partial charge in [-0.05, 0) is 19.8 Å². The third-order valence-corrected chi connectivity index (χ3v) is 5.91. The first-order chi connectivity index (χ1) is 8.32. The highest BCUT2D eigenvalue weighted by atomic mass is 32.2. The lowest BCUT2D eigenvalue weighted by Crippen LogP contribution is -2.48. The molecule has 0 aromatic rings. The van der Waals surface area contributed by atoms with E-state index in [1.165, 1.54) is 4.31 Å². The molecular formula is C11H24N2O3S2. The van der Waals surface area contributed by atoms with E-state index in [-0.39, 0.29) is 11.0 Å². The van der Waals surface area contributed by atoms with Gasteiger partial charge in [-0.2, -0.15) is 4.31 Å². The van der Waals surface area contributed by atoms with Crippen molar-refractivity contribution in [3.63, 3.8) is 0 Å². The molecular weight excluding hydrogens is 272 g/mol. The van der Waals surface area contributed by atoms with Gasteiger partial charge in [-0.25, -0.2) is 8.42 Å². The predicted octanol–water partition coefficient (Wildman–Crippen LogP) is 1.13. The van der Waals surface area contributed by atoms with E-state index < -0.39 is 15.3 Å². The Morgan fingerprint density at radius 1 is 1.39 bits per heavy atom. The molecule has 0 aliphatic carbocycles. The number of hydrogen-bond donors (Lipinski definition) is 1. The van der Waals surface area contributed by atoms with Crippen LogP contribution in [0.25, 0.3) is 0 Å². The summed E-state index contributed by atoms with van der Waals surface area (Å²) in [6.07, 6.45) is 1.12. The molecule has 0 aromatic carbocycles. The van der Waals surface area contributed by atoms with Crippen molar-refractivity contribution in [3.8, 4) is 0 Å². The van der Waals surface area contributed by atoms with E-state index in [0.29, 0.717) is 19.6 Å². The quantitative estimate of drug-likeness (QED) is 0.646. The fourth-order valence-corrected chi connectivity index (χ4v) is 4.26. The fraction of sp³-hybridized carbons (Fsp3) is 0.909. The summed E-state index contributed by atoms with van der Waals surface area (Å²) >= 11 is 4.86. The zero-order valence-electron chi connectivity index (χ0n) is 11.5. The van der Waals surface area contributed by atoms with Crippen LogP contribution in [-0.2, 0) is 14.8 Å². The number of rotatable bonds is 9. The number of ether oxygens (including phenoxy) is 1. The van der Waals surface area contributed by atoms with Crippen LogP contribution in [0.1, 0.15) is 33.6 Å². The first kappa shape index (κ1) is 17.8. The molecule has 0 heterocycles. The van der Waals surface area contributed by atoms with Crippen LogP contribution in [0, 0.1) is 0 Å². The summed E-state index contributed by atoms with van der Waals surface area (Å²) in [6, 6.07) is -0.0893. The maximum Gasteiger partial charge on any atom is 0.223 e. The van der Waals surface area contributed by atoms with Crippen molar-refractivity contribution in [2.45, 2.75) is 44.9 Å². The molecule has 2 unspecified atom stereocenters. The number of thiocarbonyl (C=S) groups is 1. The molecule has 0 rings (SSSR count). The molecule has 0 aliphatic heterocycles. The Balaban J connectivity index is 5.23. The van der Waals surface area contributed by atoms with E-state index in [1.54, 1.807) is 14.0 Å². The van der Waals surface area contributed by atoms with Crippen LogP contribution in [0.3, 0.4) is 0 Å². The third-order valence-electron chi connectivity index (χ3n) is 2.97. The number of nitrogens with two attached hydrogens (primary N) is 1. The normalized spacial score (nSPS) is 15.6. The number of hydrogen-bond acceptors (Lipinski definition) is 4. The van der Waals surface area contributed by atoms with Gasteiger partial charge in [0.25, 0.3) is 0 Å². The molecule has 0 fully saturated rings. The molecule has 0 radical (unpaired) electrons. The van der Waals surface area contributed by atoms with Gasteiger partial charge in [0.1, 0.15) is 5.25 Å². The van der Waals surface area contributed by atoms with Crippen LogP contribution in [0.2, 0.25) is 0 Å². The molecule has 0 aliphatic rings. The first-order valence-corrected chi connectivity index (χ1v) is 8.02. The molecule has 0 bridgehead atoms. The van der Waals surface area contributed by atoms with E-state index in [4.69, 9.17) is 22.7 Å².